The smallest absolute Gasteiger partial charge is 0.219 e. The highest BCUT2D eigenvalue weighted by atomic mass is 16.5. The Morgan fingerprint density at radius 1 is 1.62 bits per heavy atom. The number of anilines is 1. The predicted octanol–water partition coefficient (Wildman–Crippen LogP) is 0.768. The number of hydrogen-bond donors (Lipinski definition) is 1. The minimum atomic E-state index is -0.311. The number of aryl methyl sites for hydroxylation is 1. The lowest BCUT2D eigenvalue weighted by molar-refractivity contribution is 0.267. The summed E-state index contributed by atoms with van der Waals surface area (Å²) in [5, 5.41) is 0. The van der Waals surface area contributed by atoms with Crippen LogP contribution in [0, 0.1) is 19.3 Å². The molecule has 13 heavy (non-hydrogen) atoms. The van der Waals surface area contributed by atoms with Gasteiger partial charge >= 0.3 is 0 Å². The number of hydrogen-bond acceptors (Lipinski definition) is 4. The van der Waals surface area contributed by atoms with Crippen LogP contribution in [-0.2, 0) is 0 Å². The molecule has 0 spiro atoms. The zero-order valence-corrected chi connectivity index (χ0v) is 7.61. The van der Waals surface area contributed by atoms with Gasteiger partial charge in [-0.3, -0.25) is 0 Å². The molecule has 1 atom stereocenters. The lowest BCUT2D eigenvalue weighted by Crippen LogP contribution is -2.10. The number of terminal acetylenes is 1. The average molecular weight is 177 g/mol. The van der Waals surface area contributed by atoms with E-state index in [1.807, 2.05) is 0 Å². The van der Waals surface area contributed by atoms with Gasteiger partial charge in [-0.2, -0.15) is 4.98 Å². The molecule has 0 amide bonds. The fourth-order valence-corrected chi connectivity index (χ4v) is 0.838. The summed E-state index contributed by atoms with van der Waals surface area (Å²) >= 11 is 0. The number of nitrogen functional groups attached to an aromatic ring is 1. The second-order valence-corrected chi connectivity index (χ2v) is 2.61. The monoisotopic (exact) mass is 177 g/mol. The van der Waals surface area contributed by atoms with Gasteiger partial charge in [-0.1, -0.05) is 5.92 Å². The van der Waals surface area contributed by atoms with E-state index < -0.39 is 0 Å². The van der Waals surface area contributed by atoms with Crippen molar-refractivity contribution in [3.05, 3.63) is 11.9 Å². The summed E-state index contributed by atoms with van der Waals surface area (Å²) in [6.07, 6.45) is 4.83. The molecule has 1 unspecified atom stereocenters. The lowest BCUT2D eigenvalue weighted by Gasteiger charge is -2.08. The van der Waals surface area contributed by atoms with Gasteiger partial charge in [0, 0.05) is 6.07 Å². The zero-order valence-electron chi connectivity index (χ0n) is 7.61. The van der Waals surface area contributed by atoms with E-state index in [2.05, 4.69) is 15.9 Å². The van der Waals surface area contributed by atoms with Gasteiger partial charge in [0.1, 0.15) is 11.6 Å². The van der Waals surface area contributed by atoms with Crippen molar-refractivity contribution in [2.45, 2.75) is 20.0 Å². The molecular formula is C9H11N3O. The molecule has 68 valence electrons. The second kappa shape index (κ2) is 3.76. The van der Waals surface area contributed by atoms with Crippen molar-refractivity contribution >= 4 is 5.82 Å². The maximum Gasteiger partial charge on any atom is 0.219 e. The number of nitrogens with two attached hydrogens (primary N) is 1. The van der Waals surface area contributed by atoms with Crippen molar-refractivity contribution in [1.29, 1.82) is 0 Å². The Balaban J connectivity index is 2.84. The van der Waals surface area contributed by atoms with Gasteiger partial charge in [0.2, 0.25) is 5.88 Å². The Morgan fingerprint density at radius 3 is 2.85 bits per heavy atom. The van der Waals surface area contributed by atoms with E-state index >= 15 is 0 Å². The molecule has 1 rings (SSSR count). The molecule has 1 aromatic rings. The summed E-state index contributed by atoms with van der Waals surface area (Å²) in [4.78, 5) is 7.92. The van der Waals surface area contributed by atoms with Crippen molar-refractivity contribution in [2.75, 3.05) is 5.73 Å². The molecule has 0 saturated carbocycles. The molecule has 0 fully saturated rings. The van der Waals surface area contributed by atoms with Crippen LogP contribution in [0.1, 0.15) is 12.7 Å². The summed E-state index contributed by atoms with van der Waals surface area (Å²) in [5.41, 5.74) is 5.49. The fraction of sp³-hybridized carbons (Fsp3) is 0.333. The molecule has 0 aliphatic rings. The topological polar surface area (TPSA) is 61.0 Å². The van der Waals surface area contributed by atoms with Crippen LogP contribution >= 0.6 is 0 Å². The van der Waals surface area contributed by atoms with Gasteiger partial charge in [0.15, 0.2) is 6.10 Å². The van der Waals surface area contributed by atoms with Crippen molar-refractivity contribution in [3.63, 3.8) is 0 Å². The molecule has 0 aliphatic carbocycles. The maximum absolute atomic E-state index is 5.49. The van der Waals surface area contributed by atoms with Crippen LogP contribution < -0.4 is 10.5 Å². The van der Waals surface area contributed by atoms with Crippen LogP contribution in [0.25, 0.3) is 0 Å². The van der Waals surface area contributed by atoms with Crippen molar-refractivity contribution in [1.82, 2.24) is 9.97 Å². The van der Waals surface area contributed by atoms with E-state index in [0.29, 0.717) is 17.5 Å². The Kier molecular flexibility index (Phi) is 2.70. The molecule has 4 nitrogen and oxygen atoms in total. The first-order chi connectivity index (χ1) is 6.11. The number of nitrogens with zero attached hydrogens (tertiary/aromatic N) is 2. The lowest BCUT2D eigenvalue weighted by atomic mass is 10.4. The summed E-state index contributed by atoms with van der Waals surface area (Å²) < 4.78 is 5.26. The molecule has 0 saturated heterocycles. The van der Waals surface area contributed by atoms with Gasteiger partial charge in [-0.25, -0.2) is 4.98 Å². The number of ether oxygens (including phenoxy) is 1. The highest BCUT2D eigenvalue weighted by Gasteiger charge is 2.03. The van der Waals surface area contributed by atoms with Crippen LogP contribution in [0.3, 0.4) is 0 Å². The number of aromatic nitrogens is 2. The third-order valence-electron chi connectivity index (χ3n) is 1.37. The van der Waals surface area contributed by atoms with Gasteiger partial charge < -0.3 is 10.5 Å². The van der Waals surface area contributed by atoms with Crippen LogP contribution in [0.4, 0.5) is 5.82 Å². The van der Waals surface area contributed by atoms with Gasteiger partial charge in [-0.15, -0.1) is 6.42 Å². The normalized spacial score (nSPS) is 11.8. The molecule has 0 aromatic carbocycles. The van der Waals surface area contributed by atoms with E-state index in [9.17, 15) is 0 Å². The molecular weight excluding hydrogens is 166 g/mol. The average Bonchev–Trinajstić information content (AvgIpc) is 2.02. The number of rotatable bonds is 2. The quantitative estimate of drug-likeness (QED) is 0.678. The van der Waals surface area contributed by atoms with Crippen LogP contribution in [0.2, 0.25) is 0 Å². The van der Waals surface area contributed by atoms with Gasteiger partial charge in [-0.05, 0) is 13.8 Å². The van der Waals surface area contributed by atoms with Crippen LogP contribution in [0.5, 0.6) is 5.88 Å². The Bertz CT molecular complexity index is 323. The van der Waals surface area contributed by atoms with E-state index in [0.717, 1.165) is 0 Å². The summed E-state index contributed by atoms with van der Waals surface area (Å²) in [7, 11) is 0. The highest BCUT2D eigenvalue weighted by molar-refractivity contribution is 5.32. The largest absolute Gasteiger partial charge is 0.461 e. The molecule has 0 radical (unpaired) electrons. The first kappa shape index (κ1) is 9.33. The van der Waals surface area contributed by atoms with E-state index in [1.54, 1.807) is 19.9 Å². The minimum absolute atomic E-state index is 0.311. The van der Waals surface area contributed by atoms with Crippen molar-refractivity contribution < 1.29 is 4.74 Å². The minimum Gasteiger partial charge on any atom is -0.461 e. The standard InChI is InChI=1S/C9H11N3O/c1-4-6(2)13-9-5-8(10)11-7(3)12-9/h1,5-6H,2-3H3,(H2,10,11,12). The molecule has 0 aliphatic heterocycles. The fourth-order valence-electron chi connectivity index (χ4n) is 0.838. The highest BCUT2D eigenvalue weighted by Crippen LogP contribution is 2.11. The molecule has 4 heteroatoms. The molecule has 0 bridgehead atoms. The first-order valence-electron chi connectivity index (χ1n) is 3.85. The summed E-state index contributed by atoms with van der Waals surface area (Å²) in [6.45, 7) is 3.50. The zero-order chi connectivity index (χ0) is 9.84. The van der Waals surface area contributed by atoms with E-state index in [-0.39, 0.29) is 6.10 Å². The Hall–Kier alpha value is -1.76. The van der Waals surface area contributed by atoms with Gasteiger partial charge in [0.05, 0.1) is 0 Å². The van der Waals surface area contributed by atoms with Crippen LogP contribution in [0.15, 0.2) is 6.07 Å². The third kappa shape index (κ3) is 2.64. The van der Waals surface area contributed by atoms with Crippen LogP contribution in [-0.4, -0.2) is 16.1 Å². The Morgan fingerprint density at radius 2 is 2.31 bits per heavy atom. The molecule has 2 N–H and O–H groups in total. The van der Waals surface area contributed by atoms with E-state index in [1.165, 1.54) is 0 Å². The summed E-state index contributed by atoms with van der Waals surface area (Å²) in [6, 6.07) is 1.54. The van der Waals surface area contributed by atoms with Crippen molar-refractivity contribution in [3.8, 4) is 18.2 Å². The first-order valence-corrected chi connectivity index (χ1v) is 3.85. The third-order valence-corrected chi connectivity index (χ3v) is 1.37. The molecule has 1 heterocycles. The second-order valence-electron chi connectivity index (χ2n) is 2.61. The van der Waals surface area contributed by atoms with Crippen molar-refractivity contribution in [2.24, 2.45) is 0 Å². The Labute approximate surface area is 77.1 Å². The molecule has 1 aromatic heterocycles. The van der Waals surface area contributed by atoms with E-state index in [4.69, 9.17) is 16.9 Å². The maximum atomic E-state index is 5.49. The SMILES string of the molecule is C#CC(C)Oc1cc(N)nc(C)n1. The van der Waals surface area contributed by atoms with Gasteiger partial charge in [0.25, 0.3) is 0 Å². The summed E-state index contributed by atoms with van der Waals surface area (Å²) in [5.74, 6) is 3.79. The predicted molar refractivity (Wildman–Crippen MR) is 50.1 cm³/mol.